The number of halogens is 1. The molecule has 5 nitrogen and oxygen atoms in total. The third kappa shape index (κ3) is 11.4. The molecule has 0 aromatic heterocycles. The molecule has 1 rings (SSSR count). The molecule has 0 saturated heterocycles. The Kier molecular flexibility index (Phi) is 13.6. The molecule has 4 N–H and O–H groups in total. The summed E-state index contributed by atoms with van der Waals surface area (Å²) < 4.78 is 0. The molecule has 0 bridgehead atoms. The lowest BCUT2D eigenvalue weighted by atomic mass is 10.1. The molecule has 0 aliphatic carbocycles. The van der Waals surface area contributed by atoms with E-state index in [1.165, 1.54) is 37.7 Å². The highest BCUT2D eigenvalue weighted by Gasteiger charge is 2.03. The summed E-state index contributed by atoms with van der Waals surface area (Å²) in [6.07, 6.45) is 8.36. The van der Waals surface area contributed by atoms with Crippen molar-refractivity contribution in [2.24, 2.45) is 21.5 Å². The molecule has 1 aromatic carbocycles. The Labute approximate surface area is 159 Å². The molecule has 0 saturated carbocycles. The zero-order valence-electron chi connectivity index (χ0n) is 15.7. The van der Waals surface area contributed by atoms with Gasteiger partial charge in [-0.2, -0.15) is 4.99 Å². The number of aliphatic imine (C=N–C) groups is 2. The molecule has 6 heteroatoms. The van der Waals surface area contributed by atoms with Gasteiger partial charge in [0.15, 0.2) is 5.96 Å². The van der Waals surface area contributed by atoms with Crippen molar-refractivity contribution in [3.8, 4) is 0 Å². The summed E-state index contributed by atoms with van der Waals surface area (Å²) in [6, 6.07) is 10.3. The maximum Gasteiger partial charge on any atom is 0.218 e. The molecule has 0 heterocycles. The highest BCUT2D eigenvalue weighted by molar-refractivity contribution is 5.93. The van der Waals surface area contributed by atoms with Gasteiger partial charge in [-0.05, 0) is 18.4 Å². The Morgan fingerprint density at radius 2 is 1.64 bits per heavy atom. The summed E-state index contributed by atoms with van der Waals surface area (Å²) in [5.41, 5.74) is 13.1. The lowest BCUT2D eigenvalue weighted by molar-refractivity contribution is 0.503. The van der Waals surface area contributed by atoms with Crippen LogP contribution in [0.2, 0.25) is 0 Å². The molecule has 25 heavy (non-hydrogen) atoms. The molecule has 0 fully saturated rings. The van der Waals surface area contributed by atoms with Crippen LogP contribution in [0, 0.1) is 0 Å². The van der Waals surface area contributed by atoms with Crippen LogP contribution in [0.4, 0.5) is 0 Å². The topological polar surface area (TPSA) is 80.0 Å². The molecule has 0 aliphatic heterocycles. The second-order valence-electron chi connectivity index (χ2n) is 6.13. The predicted octanol–water partition coefficient (Wildman–Crippen LogP) is 3.57. The molecule has 0 atom stereocenters. The number of nitrogens with two attached hydrogens (primary N) is 2. The molecule has 0 amide bonds. The first-order valence-corrected chi connectivity index (χ1v) is 9.02. The van der Waals surface area contributed by atoms with Crippen LogP contribution in [0.3, 0.4) is 0 Å². The molecule has 1 aromatic rings. The minimum atomic E-state index is 0. The van der Waals surface area contributed by atoms with Crippen LogP contribution < -0.4 is 11.5 Å². The molecule has 0 aliphatic rings. The zero-order valence-corrected chi connectivity index (χ0v) is 16.5. The van der Waals surface area contributed by atoms with Crippen LogP contribution in [0.1, 0.15) is 51.0 Å². The SMILES string of the molecule is CCCCCCCCN=C(N)/N=C(\N)N(C)CCc1ccccc1.Cl. The van der Waals surface area contributed by atoms with E-state index in [1.807, 2.05) is 30.1 Å². The number of guanidine groups is 2. The van der Waals surface area contributed by atoms with E-state index in [0.29, 0.717) is 5.96 Å². The fourth-order valence-electron chi connectivity index (χ4n) is 2.38. The van der Waals surface area contributed by atoms with E-state index in [2.05, 4.69) is 29.0 Å². The van der Waals surface area contributed by atoms with Gasteiger partial charge in [0, 0.05) is 20.1 Å². The van der Waals surface area contributed by atoms with Crippen LogP contribution in [-0.2, 0) is 6.42 Å². The van der Waals surface area contributed by atoms with Crippen molar-refractivity contribution in [2.75, 3.05) is 20.1 Å². The smallest absolute Gasteiger partial charge is 0.218 e. The lowest BCUT2D eigenvalue weighted by Gasteiger charge is -2.17. The predicted molar refractivity (Wildman–Crippen MR) is 112 cm³/mol. The third-order valence-corrected chi connectivity index (χ3v) is 3.98. The van der Waals surface area contributed by atoms with Gasteiger partial charge >= 0.3 is 0 Å². The fourth-order valence-corrected chi connectivity index (χ4v) is 2.38. The Bertz CT molecular complexity index is 502. The van der Waals surface area contributed by atoms with Gasteiger partial charge in [-0.25, -0.2) is 0 Å². The van der Waals surface area contributed by atoms with Crippen molar-refractivity contribution in [1.82, 2.24) is 4.90 Å². The molecular formula is C19H34ClN5. The standard InChI is InChI=1S/C19H33N5.ClH/c1-3-4-5-6-7-11-15-22-18(20)23-19(21)24(2)16-14-17-12-9-8-10-13-17;/h8-10,12-13H,3-7,11,14-16H2,1-2H3,(H4,20,21,22,23);1H. The van der Waals surface area contributed by atoms with Gasteiger partial charge < -0.3 is 16.4 Å². The number of hydrogen-bond donors (Lipinski definition) is 2. The van der Waals surface area contributed by atoms with E-state index in [-0.39, 0.29) is 18.4 Å². The van der Waals surface area contributed by atoms with E-state index in [4.69, 9.17) is 11.5 Å². The van der Waals surface area contributed by atoms with Crippen molar-refractivity contribution in [2.45, 2.75) is 51.9 Å². The fraction of sp³-hybridized carbons (Fsp3) is 0.579. The molecule has 0 radical (unpaired) electrons. The van der Waals surface area contributed by atoms with E-state index in [9.17, 15) is 0 Å². The van der Waals surface area contributed by atoms with Crippen LogP contribution in [0.5, 0.6) is 0 Å². The molecule has 0 unspecified atom stereocenters. The second-order valence-corrected chi connectivity index (χ2v) is 6.13. The summed E-state index contributed by atoms with van der Waals surface area (Å²) >= 11 is 0. The zero-order chi connectivity index (χ0) is 17.6. The van der Waals surface area contributed by atoms with Crippen LogP contribution in [0.15, 0.2) is 40.3 Å². The van der Waals surface area contributed by atoms with Crippen molar-refractivity contribution in [3.63, 3.8) is 0 Å². The number of likely N-dealkylation sites (N-methyl/N-ethyl adjacent to an activating group) is 1. The summed E-state index contributed by atoms with van der Waals surface area (Å²) in [5, 5.41) is 0. The van der Waals surface area contributed by atoms with Crippen LogP contribution in [0.25, 0.3) is 0 Å². The number of rotatable bonds is 10. The molecular weight excluding hydrogens is 334 g/mol. The summed E-state index contributed by atoms with van der Waals surface area (Å²) in [7, 11) is 1.92. The van der Waals surface area contributed by atoms with E-state index >= 15 is 0 Å². The Morgan fingerprint density at radius 3 is 2.32 bits per heavy atom. The van der Waals surface area contributed by atoms with Gasteiger partial charge in [0.2, 0.25) is 5.96 Å². The van der Waals surface area contributed by atoms with Crippen molar-refractivity contribution in [3.05, 3.63) is 35.9 Å². The van der Waals surface area contributed by atoms with E-state index in [1.54, 1.807) is 0 Å². The molecule has 142 valence electrons. The first kappa shape index (κ1) is 23.2. The normalized spacial score (nSPS) is 11.9. The first-order chi connectivity index (χ1) is 11.6. The Morgan fingerprint density at radius 1 is 1.00 bits per heavy atom. The largest absolute Gasteiger partial charge is 0.369 e. The number of hydrogen-bond acceptors (Lipinski definition) is 1. The molecule has 0 spiro atoms. The lowest BCUT2D eigenvalue weighted by Crippen LogP contribution is -2.37. The average Bonchev–Trinajstić information content (AvgIpc) is 2.59. The van der Waals surface area contributed by atoms with Gasteiger partial charge in [-0.15, -0.1) is 12.4 Å². The number of nitrogens with zero attached hydrogens (tertiary/aromatic N) is 3. The van der Waals surface area contributed by atoms with Crippen molar-refractivity contribution >= 4 is 24.3 Å². The monoisotopic (exact) mass is 367 g/mol. The van der Waals surface area contributed by atoms with Crippen LogP contribution in [-0.4, -0.2) is 37.0 Å². The Hall–Kier alpha value is -1.75. The van der Waals surface area contributed by atoms with E-state index in [0.717, 1.165) is 25.9 Å². The van der Waals surface area contributed by atoms with Crippen LogP contribution >= 0.6 is 12.4 Å². The van der Waals surface area contributed by atoms with Gasteiger partial charge in [-0.1, -0.05) is 69.4 Å². The van der Waals surface area contributed by atoms with Crippen molar-refractivity contribution < 1.29 is 0 Å². The average molecular weight is 368 g/mol. The quantitative estimate of drug-likeness (QED) is 0.377. The third-order valence-electron chi connectivity index (χ3n) is 3.98. The highest BCUT2D eigenvalue weighted by Crippen LogP contribution is 2.05. The maximum atomic E-state index is 5.98. The summed E-state index contributed by atoms with van der Waals surface area (Å²) in [5.74, 6) is 0.683. The number of unbranched alkanes of at least 4 members (excludes halogenated alkanes) is 5. The van der Waals surface area contributed by atoms with Gasteiger partial charge in [0.05, 0.1) is 0 Å². The second kappa shape index (κ2) is 14.6. The highest BCUT2D eigenvalue weighted by atomic mass is 35.5. The van der Waals surface area contributed by atoms with Gasteiger partial charge in [-0.3, -0.25) is 4.99 Å². The van der Waals surface area contributed by atoms with Gasteiger partial charge in [0.1, 0.15) is 0 Å². The Balaban J connectivity index is 0.00000576. The number of benzene rings is 1. The minimum Gasteiger partial charge on any atom is -0.369 e. The maximum absolute atomic E-state index is 5.98. The van der Waals surface area contributed by atoms with E-state index < -0.39 is 0 Å². The summed E-state index contributed by atoms with van der Waals surface area (Å²) in [4.78, 5) is 10.4. The minimum absolute atomic E-state index is 0. The first-order valence-electron chi connectivity index (χ1n) is 9.02. The van der Waals surface area contributed by atoms with Crippen molar-refractivity contribution in [1.29, 1.82) is 0 Å². The van der Waals surface area contributed by atoms with Gasteiger partial charge in [0.25, 0.3) is 0 Å². The summed E-state index contributed by atoms with van der Waals surface area (Å²) in [6.45, 7) is 3.75.